The van der Waals surface area contributed by atoms with Gasteiger partial charge in [0.25, 0.3) is 0 Å². The summed E-state index contributed by atoms with van der Waals surface area (Å²) in [5, 5.41) is 2.87. The number of halogens is 2. The van der Waals surface area contributed by atoms with Crippen LogP contribution in [-0.2, 0) is 0 Å². The third-order valence-corrected chi connectivity index (χ3v) is 3.67. The van der Waals surface area contributed by atoms with Gasteiger partial charge in [-0.15, -0.1) is 0 Å². The predicted octanol–water partition coefficient (Wildman–Crippen LogP) is 1.36. The summed E-state index contributed by atoms with van der Waals surface area (Å²) < 4.78 is 26.2. The van der Waals surface area contributed by atoms with Crippen LogP contribution >= 0.6 is 0 Å². The molecule has 0 bridgehead atoms. The van der Waals surface area contributed by atoms with Crippen LogP contribution in [0.5, 0.6) is 0 Å². The molecule has 1 fully saturated rings. The van der Waals surface area contributed by atoms with Crippen molar-refractivity contribution in [1.29, 1.82) is 0 Å². The number of carbonyl (C=O) groups is 1. The standard InChI is InChI=1S/C15H22F2N4O/c1-19(2)6-5-18-15(22)21-9-7-20(8-10-21)12-3-4-13(16)14(17)11-12/h3-4,11H,5-10H2,1-2H3,(H,18,22). The van der Waals surface area contributed by atoms with Gasteiger partial charge in [0.05, 0.1) is 0 Å². The number of piperazine rings is 1. The van der Waals surface area contributed by atoms with E-state index in [1.54, 1.807) is 11.0 Å². The number of rotatable bonds is 4. The van der Waals surface area contributed by atoms with Crippen molar-refractivity contribution in [2.45, 2.75) is 0 Å². The Morgan fingerprint density at radius 1 is 1.18 bits per heavy atom. The van der Waals surface area contributed by atoms with Crippen LogP contribution < -0.4 is 10.2 Å². The van der Waals surface area contributed by atoms with Crippen molar-refractivity contribution >= 4 is 11.7 Å². The van der Waals surface area contributed by atoms with Crippen molar-refractivity contribution in [3.63, 3.8) is 0 Å². The van der Waals surface area contributed by atoms with E-state index in [9.17, 15) is 13.6 Å². The third-order valence-electron chi connectivity index (χ3n) is 3.67. The highest BCUT2D eigenvalue weighted by atomic mass is 19.2. The van der Waals surface area contributed by atoms with E-state index in [0.717, 1.165) is 12.6 Å². The molecule has 0 saturated carbocycles. The van der Waals surface area contributed by atoms with Crippen LogP contribution in [0, 0.1) is 11.6 Å². The number of nitrogens with one attached hydrogen (secondary N) is 1. The van der Waals surface area contributed by atoms with Crippen LogP contribution in [0.25, 0.3) is 0 Å². The van der Waals surface area contributed by atoms with Gasteiger partial charge in [-0.1, -0.05) is 0 Å². The quantitative estimate of drug-likeness (QED) is 0.912. The van der Waals surface area contributed by atoms with Crippen molar-refractivity contribution in [2.24, 2.45) is 0 Å². The van der Waals surface area contributed by atoms with E-state index < -0.39 is 11.6 Å². The molecule has 1 aliphatic rings. The first kappa shape index (κ1) is 16.5. The fourth-order valence-electron chi connectivity index (χ4n) is 2.35. The molecule has 0 unspecified atom stereocenters. The number of amides is 2. The maximum atomic E-state index is 13.3. The highest BCUT2D eigenvalue weighted by Gasteiger charge is 2.21. The first-order chi connectivity index (χ1) is 10.5. The van der Waals surface area contributed by atoms with Crippen LogP contribution in [0.1, 0.15) is 0 Å². The lowest BCUT2D eigenvalue weighted by Crippen LogP contribution is -2.52. The van der Waals surface area contributed by atoms with Gasteiger partial charge in [0, 0.05) is 51.0 Å². The summed E-state index contributed by atoms with van der Waals surface area (Å²) in [6.45, 7) is 3.73. The average Bonchev–Trinajstić information content (AvgIpc) is 2.50. The fourth-order valence-corrected chi connectivity index (χ4v) is 2.35. The predicted molar refractivity (Wildman–Crippen MR) is 82.1 cm³/mol. The van der Waals surface area contributed by atoms with Gasteiger partial charge in [-0.25, -0.2) is 13.6 Å². The minimum absolute atomic E-state index is 0.0770. The SMILES string of the molecule is CN(C)CCNC(=O)N1CCN(c2ccc(F)c(F)c2)CC1. The van der Waals surface area contributed by atoms with Gasteiger partial charge in [-0.2, -0.15) is 0 Å². The Hall–Kier alpha value is -1.89. The van der Waals surface area contributed by atoms with Crippen molar-refractivity contribution in [3.05, 3.63) is 29.8 Å². The van der Waals surface area contributed by atoms with Gasteiger partial charge in [-0.05, 0) is 26.2 Å². The molecule has 0 aliphatic carbocycles. The maximum absolute atomic E-state index is 13.3. The van der Waals surface area contributed by atoms with Crippen molar-refractivity contribution < 1.29 is 13.6 Å². The van der Waals surface area contributed by atoms with Crippen LogP contribution in [0.3, 0.4) is 0 Å². The van der Waals surface area contributed by atoms with Crippen molar-refractivity contribution in [1.82, 2.24) is 15.1 Å². The summed E-state index contributed by atoms with van der Waals surface area (Å²) in [5.41, 5.74) is 0.645. The van der Waals surface area contributed by atoms with E-state index in [1.807, 2.05) is 23.9 Å². The Kier molecular flexibility index (Phi) is 5.54. The molecule has 1 heterocycles. The number of benzene rings is 1. The lowest BCUT2D eigenvalue weighted by Gasteiger charge is -2.36. The van der Waals surface area contributed by atoms with Gasteiger partial charge >= 0.3 is 6.03 Å². The molecule has 5 nitrogen and oxygen atoms in total. The monoisotopic (exact) mass is 312 g/mol. The summed E-state index contributed by atoms with van der Waals surface area (Å²) in [5.74, 6) is -1.69. The largest absolute Gasteiger partial charge is 0.368 e. The summed E-state index contributed by atoms with van der Waals surface area (Å²) in [7, 11) is 3.90. The second kappa shape index (κ2) is 7.40. The Morgan fingerprint density at radius 2 is 1.86 bits per heavy atom. The van der Waals surface area contributed by atoms with E-state index in [-0.39, 0.29) is 6.03 Å². The second-order valence-corrected chi connectivity index (χ2v) is 5.61. The molecule has 1 aromatic rings. The molecule has 7 heteroatoms. The molecule has 1 aromatic carbocycles. The van der Waals surface area contributed by atoms with Crippen LogP contribution in [-0.4, -0.2) is 69.2 Å². The van der Waals surface area contributed by atoms with Gasteiger partial charge in [0.15, 0.2) is 11.6 Å². The van der Waals surface area contributed by atoms with Crippen molar-refractivity contribution in [3.8, 4) is 0 Å². The molecule has 0 atom stereocenters. The zero-order valence-corrected chi connectivity index (χ0v) is 13.0. The number of urea groups is 1. The molecule has 2 rings (SSSR count). The topological polar surface area (TPSA) is 38.8 Å². The van der Waals surface area contributed by atoms with E-state index in [0.29, 0.717) is 38.4 Å². The zero-order chi connectivity index (χ0) is 16.1. The molecular formula is C15H22F2N4O. The minimum atomic E-state index is -0.846. The lowest BCUT2D eigenvalue weighted by atomic mass is 10.2. The van der Waals surface area contributed by atoms with Gasteiger partial charge < -0.3 is 20.0 Å². The second-order valence-electron chi connectivity index (χ2n) is 5.61. The molecule has 1 aliphatic heterocycles. The van der Waals surface area contributed by atoms with Crippen LogP contribution in [0.4, 0.5) is 19.3 Å². The normalized spacial score (nSPS) is 15.3. The molecule has 22 heavy (non-hydrogen) atoms. The number of likely N-dealkylation sites (N-methyl/N-ethyl adjacent to an activating group) is 1. The average molecular weight is 312 g/mol. The Labute approximate surface area is 129 Å². The molecule has 0 spiro atoms. The maximum Gasteiger partial charge on any atom is 0.317 e. The number of carbonyl (C=O) groups excluding carboxylic acids is 1. The van der Waals surface area contributed by atoms with Crippen LogP contribution in [0.2, 0.25) is 0 Å². The molecule has 0 radical (unpaired) electrons. The molecular weight excluding hydrogens is 290 g/mol. The Bertz CT molecular complexity index is 516. The number of anilines is 1. The summed E-state index contributed by atoms with van der Waals surface area (Å²) in [6, 6.07) is 3.81. The van der Waals surface area contributed by atoms with E-state index in [1.165, 1.54) is 6.07 Å². The van der Waals surface area contributed by atoms with Gasteiger partial charge in [0.1, 0.15) is 0 Å². The smallest absolute Gasteiger partial charge is 0.317 e. The Morgan fingerprint density at radius 3 is 2.45 bits per heavy atom. The third kappa shape index (κ3) is 4.30. The van der Waals surface area contributed by atoms with Crippen LogP contribution in [0.15, 0.2) is 18.2 Å². The van der Waals surface area contributed by atoms with Crippen molar-refractivity contribution in [2.75, 3.05) is 58.3 Å². The molecule has 1 N–H and O–H groups in total. The summed E-state index contributed by atoms with van der Waals surface area (Å²) >= 11 is 0. The van der Waals surface area contributed by atoms with E-state index in [2.05, 4.69) is 5.32 Å². The summed E-state index contributed by atoms with van der Waals surface area (Å²) in [6.07, 6.45) is 0. The number of nitrogens with zero attached hydrogens (tertiary/aromatic N) is 3. The molecule has 122 valence electrons. The first-order valence-corrected chi connectivity index (χ1v) is 7.35. The van der Waals surface area contributed by atoms with Gasteiger partial charge in [0.2, 0.25) is 0 Å². The first-order valence-electron chi connectivity index (χ1n) is 7.35. The van der Waals surface area contributed by atoms with E-state index >= 15 is 0 Å². The highest BCUT2D eigenvalue weighted by molar-refractivity contribution is 5.74. The zero-order valence-electron chi connectivity index (χ0n) is 13.0. The molecule has 1 saturated heterocycles. The molecule has 0 aromatic heterocycles. The highest BCUT2D eigenvalue weighted by Crippen LogP contribution is 2.19. The molecule has 2 amide bonds. The summed E-state index contributed by atoms with van der Waals surface area (Å²) in [4.78, 5) is 17.7. The van der Waals surface area contributed by atoms with E-state index in [4.69, 9.17) is 0 Å². The fraction of sp³-hybridized carbons (Fsp3) is 0.533. The Balaban J connectivity index is 1.82. The number of hydrogen-bond acceptors (Lipinski definition) is 3. The lowest BCUT2D eigenvalue weighted by molar-refractivity contribution is 0.193. The minimum Gasteiger partial charge on any atom is -0.368 e. The van der Waals surface area contributed by atoms with Gasteiger partial charge in [-0.3, -0.25) is 0 Å². The number of hydrogen-bond donors (Lipinski definition) is 1.